The number of halogens is 1. The van der Waals surface area contributed by atoms with Crippen molar-refractivity contribution in [2.75, 3.05) is 31.1 Å². The summed E-state index contributed by atoms with van der Waals surface area (Å²) in [5.41, 5.74) is 2.25. The van der Waals surface area contributed by atoms with E-state index < -0.39 is 0 Å². The molecule has 1 amide bonds. The van der Waals surface area contributed by atoms with Gasteiger partial charge in [-0.15, -0.1) is 0 Å². The molecule has 0 spiro atoms. The number of hydrogen-bond acceptors (Lipinski definition) is 4. The number of anilines is 1. The van der Waals surface area contributed by atoms with E-state index in [-0.39, 0.29) is 5.91 Å². The Balaban J connectivity index is 1.57. The fourth-order valence-electron chi connectivity index (χ4n) is 2.77. The Bertz CT molecular complexity index is 761. The van der Waals surface area contributed by atoms with Gasteiger partial charge in [-0.1, -0.05) is 29.8 Å². The lowest BCUT2D eigenvalue weighted by Gasteiger charge is -2.36. The van der Waals surface area contributed by atoms with Crippen molar-refractivity contribution in [3.8, 4) is 6.07 Å². The summed E-state index contributed by atoms with van der Waals surface area (Å²) in [5.74, 6) is 0.0979. The van der Waals surface area contributed by atoms with Gasteiger partial charge in [0.05, 0.1) is 18.3 Å². The lowest BCUT2D eigenvalue weighted by Crippen LogP contribution is -2.49. The molecule has 0 radical (unpaired) electrons. The number of pyridine rings is 1. The monoisotopic (exact) mass is 340 g/mol. The van der Waals surface area contributed by atoms with Gasteiger partial charge < -0.3 is 9.80 Å². The third-order valence-electron chi connectivity index (χ3n) is 4.16. The molecular formula is C18H17ClN4O. The van der Waals surface area contributed by atoms with Gasteiger partial charge in [-0.25, -0.2) is 4.98 Å². The van der Waals surface area contributed by atoms with Crippen molar-refractivity contribution in [2.45, 2.75) is 6.42 Å². The van der Waals surface area contributed by atoms with E-state index in [1.54, 1.807) is 18.3 Å². The molecule has 24 heavy (non-hydrogen) atoms. The number of piperazine rings is 1. The van der Waals surface area contributed by atoms with Gasteiger partial charge in [0.25, 0.3) is 0 Å². The molecule has 1 aromatic heterocycles. The van der Waals surface area contributed by atoms with Gasteiger partial charge in [0.2, 0.25) is 5.91 Å². The molecule has 0 N–H and O–H groups in total. The number of nitriles is 1. The van der Waals surface area contributed by atoms with Crippen molar-refractivity contribution in [1.82, 2.24) is 9.88 Å². The molecule has 6 heteroatoms. The molecule has 1 aromatic carbocycles. The van der Waals surface area contributed by atoms with Crippen LogP contribution in [0.4, 0.5) is 5.69 Å². The fraction of sp³-hybridized carbons (Fsp3) is 0.278. The average molecular weight is 341 g/mol. The van der Waals surface area contributed by atoms with Crippen LogP contribution in [-0.2, 0) is 11.2 Å². The molecule has 1 saturated heterocycles. The number of carbonyl (C=O) groups is 1. The SMILES string of the molecule is N#Cc1ccc(N2CCN(C(=O)Cc3ccccc3Cl)CC2)cn1. The molecule has 2 aromatic rings. The first-order valence-corrected chi connectivity index (χ1v) is 8.17. The lowest BCUT2D eigenvalue weighted by molar-refractivity contribution is -0.130. The van der Waals surface area contributed by atoms with Crippen molar-refractivity contribution in [3.05, 3.63) is 58.9 Å². The maximum atomic E-state index is 12.4. The predicted octanol–water partition coefficient (Wildman–Crippen LogP) is 2.50. The average Bonchev–Trinajstić information content (AvgIpc) is 2.64. The molecule has 0 saturated carbocycles. The molecule has 0 unspecified atom stereocenters. The zero-order chi connectivity index (χ0) is 16.9. The van der Waals surface area contributed by atoms with Crippen LogP contribution in [0, 0.1) is 11.3 Å². The topological polar surface area (TPSA) is 60.2 Å². The molecule has 122 valence electrons. The van der Waals surface area contributed by atoms with Crippen molar-refractivity contribution >= 4 is 23.2 Å². The summed E-state index contributed by atoms with van der Waals surface area (Å²) in [6.07, 6.45) is 2.04. The molecule has 3 rings (SSSR count). The van der Waals surface area contributed by atoms with Crippen molar-refractivity contribution in [1.29, 1.82) is 5.26 Å². The van der Waals surface area contributed by atoms with Gasteiger partial charge in [-0.3, -0.25) is 4.79 Å². The quantitative estimate of drug-likeness (QED) is 0.861. The summed E-state index contributed by atoms with van der Waals surface area (Å²) >= 11 is 6.13. The minimum atomic E-state index is 0.0979. The number of nitrogens with zero attached hydrogens (tertiary/aromatic N) is 4. The van der Waals surface area contributed by atoms with Gasteiger partial charge in [-0.2, -0.15) is 5.26 Å². The number of benzene rings is 1. The summed E-state index contributed by atoms with van der Waals surface area (Å²) in [6.45, 7) is 2.84. The molecule has 0 bridgehead atoms. The van der Waals surface area contributed by atoms with Crippen molar-refractivity contribution in [2.24, 2.45) is 0 Å². The summed E-state index contributed by atoms with van der Waals surface area (Å²) in [5, 5.41) is 9.43. The molecule has 0 aliphatic carbocycles. The molecule has 1 aliphatic rings. The first-order chi connectivity index (χ1) is 11.7. The van der Waals surface area contributed by atoms with E-state index in [4.69, 9.17) is 16.9 Å². The van der Waals surface area contributed by atoms with Crippen molar-refractivity contribution < 1.29 is 4.79 Å². The second kappa shape index (κ2) is 7.33. The molecule has 0 atom stereocenters. The van der Waals surface area contributed by atoms with Crippen LogP contribution in [0.1, 0.15) is 11.3 Å². The highest BCUT2D eigenvalue weighted by Crippen LogP contribution is 2.18. The highest BCUT2D eigenvalue weighted by Gasteiger charge is 2.22. The number of amides is 1. The molecule has 5 nitrogen and oxygen atoms in total. The van der Waals surface area contributed by atoms with E-state index in [9.17, 15) is 4.79 Å². The lowest BCUT2D eigenvalue weighted by atomic mass is 10.1. The molecule has 1 fully saturated rings. The van der Waals surface area contributed by atoms with Crippen LogP contribution in [0.2, 0.25) is 5.02 Å². The first-order valence-electron chi connectivity index (χ1n) is 7.79. The highest BCUT2D eigenvalue weighted by molar-refractivity contribution is 6.31. The summed E-state index contributed by atoms with van der Waals surface area (Å²) in [6, 6.07) is 13.1. The zero-order valence-corrected chi connectivity index (χ0v) is 13.9. The largest absolute Gasteiger partial charge is 0.367 e. The van der Waals surface area contributed by atoms with E-state index >= 15 is 0 Å². The number of hydrogen-bond donors (Lipinski definition) is 0. The minimum Gasteiger partial charge on any atom is -0.367 e. The fourth-order valence-corrected chi connectivity index (χ4v) is 2.97. The normalized spacial score (nSPS) is 14.3. The number of rotatable bonds is 3. The Morgan fingerprint density at radius 2 is 1.92 bits per heavy atom. The number of carbonyl (C=O) groups excluding carboxylic acids is 1. The summed E-state index contributed by atoms with van der Waals surface area (Å²) in [4.78, 5) is 20.6. The third-order valence-corrected chi connectivity index (χ3v) is 4.53. The van der Waals surface area contributed by atoms with E-state index in [1.807, 2.05) is 35.2 Å². The highest BCUT2D eigenvalue weighted by atomic mass is 35.5. The molecular weight excluding hydrogens is 324 g/mol. The van der Waals surface area contributed by atoms with Crippen LogP contribution < -0.4 is 4.90 Å². The van der Waals surface area contributed by atoms with E-state index in [0.29, 0.717) is 30.2 Å². The first kappa shape index (κ1) is 16.3. The Morgan fingerprint density at radius 1 is 1.17 bits per heavy atom. The van der Waals surface area contributed by atoms with Crippen LogP contribution in [0.15, 0.2) is 42.6 Å². The van der Waals surface area contributed by atoms with Gasteiger partial charge in [0.15, 0.2) is 0 Å². The summed E-state index contributed by atoms with van der Waals surface area (Å²) < 4.78 is 0. The Kier molecular flexibility index (Phi) is 4.97. The molecule has 2 heterocycles. The second-order valence-electron chi connectivity index (χ2n) is 5.65. The Labute approximate surface area is 146 Å². The van der Waals surface area contributed by atoms with Crippen LogP contribution in [0.3, 0.4) is 0 Å². The Hall–Kier alpha value is -2.58. The van der Waals surface area contributed by atoms with Gasteiger partial charge in [-0.05, 0) is 23.8 Å². The summed E-state index contributed by atoms with van der Waals surface area (Å²) in [7, 11) is 0. The second-order valence-corrected chi connectivity index (χ2v) is 6.06. The standard InChI is InChI=1S/C18H17ClN4O/c19-17-4-2-1-3-14(17)11-18(24)23-9-7-22(8-10-23)16-6-5-15(12-20)21-13-16/h1-6,13H,7-11H2. The number of aromatic nitrogens is 1. The smallest absolute Gasteiger partial charge is 0.227 e. The van der Waals surface area contributed by atoms with Gasteiger partial charge in [0, 0.05) is 31.2 Å². The Morgan fingerprint density at radius 3 is 2.54 bits per heavy atom. The van der Waals surface area contributed by atoms with Crippen LogP contribution in [-0.4, -0.2) is 42.0 Å². The van der Waals surface area contributed by atoms with Crippen molar-refractivity contribution in [3.63, 3.8) is 0 Å². The molecule has 1 aliphatic heterocycles. The van der Waals surface area contributed by atoms with E-state index in [2.05, 4.69) is 9.88 Å². The van der Waals surface area contributed by atoms with Crippen LogP contribution >= 0.6 is 11.6 Å². The van der Waals surface area contributed by atoms with Gasteiger partial charge in [0.1, 0.15) is 11.8 Å². The third kappa shape index (κ3) is 3.66. The van der Waals surface area contributed by atoms with Gasteiger partial charge >= 0.3 is 0 Å². The maximum absolute atomic E-state index is 12.4. The van der Waals surface area contributed by atoms with E-state index in [0.717, 1.165) is 24.3 Å². The van der Waals surface area contributed by atoms with E-state index in [1.165, 1.54) is 0 Å². The zero-order valence-electron chi connectivity index (χ0n) is 13.2. The van der Waals surface area contributed by atoms with Crippen LogP contribution in [0.25, 0.3) is 0 Å². The maximum Gasteiger partial charge on any atom is 0.227 e. The minimum absolute atomic E-state index is 0.0979. The van der Waals surface area contributed by atoms with Crippen LogP contribution in [0.5, 0.6) is 0 Å². The predicted molar refractivity (Wildman–Crippen MR) is 92.9 cm³/mol.